The molecule has 2 rings (SSSR count). The lowest BCUT2D eigenvalue weighted by Crippen LogP contribution is -1.97. The smallest absolute Gasteiger partial charge is 0.222 e. The van der Waals surface area contributed by atoms with Gasteiger partial charge in [0.15, 0.2) is 0 Å². The van der Waals surface area contributed by atoms with Crippen molar-refractivity contribution in [3.63, 3.8) is 0 Å². The van der Waals surface area contributed by atoms with Gasteiger partial charge in [-0.05, 0) is 6.42 Å². The summed E-state index contributed by atoms with van der Waals surface area (Å²) in [6.07, 6.45) is 1.00. The first-order valence-corrected chi connectivity index (χ1v) is 4.74. The summed E-state index contributed by atoms with van der Waals surface area (Å²) in [4.78, 5) is 0. The summed E-state index contributed by atoms with van der Waals surface area (Å²) in [5, 5.41) is 7.69. The van der Waals surface area contributed by atoms with Gasteiger partial charge in [0, 0.05) is 13.5 Å². The SMILES string of the molecule is CC.Cc1nnc(C2CCOC2)o1. The van der Waals surface area contributed by atoms with Crippen LogP contribution in [0.4, 0.5) is 0 Å². The van der Waals surface area contributed by atoms with E-state index in [0.29, 0.717) is 11.8 Å². The van der Waals surface area contributed by atoms with Crippen LogP contribution >= 0.6 is 0 Å². The Bertz CT molecular complexity index is 242. The third-order valence-corrected chi connectivity index (χ3v) is 1.82. The Morgan fingerprint density at radius 2 is 2.08 bits per heavy atom. The zero-order valence-electron chi connectivity index (χ0n) is 8.41. The molecule has 0 aliphatic carbocycles. The van der Waals surface area contributed by atoms with E-state index < -0.39 is 0 Å². The highest BCUT2D eigenvalue weighted by Gasteiger charge is 2.22. The Balaban J connectivity index is 0.000000396. The Hall–Kier alpha value is -0.900. The molecule has 0 saturated carbocycles. The topological polar surface area (TPSA) is 48.2 Å². The van der Waals surface area contributed by atoms with E-state index >= 15 is 0 Å². The first-order valence-electron chi connectivity index (χ1n) is 4.74. The second kappa shape index (κ2) is 4.97. The summed E-state index contributed by atoms with van der Waals surface area (Å²) in [5.41, 5.74) is 0. The summed E-state index contributed by atoms with van der Waals surface area (Å²) < 4.78 is 10.5. The van der Waals surface area contributed by atoms with Crippen molar-refractivity contribution < 1.29 is 9.15 Å². The van der Waals surface area contributed by atoms with Gasteiger partial charge in [0.1, 0.15) is 0 Å². The molecule has 1 aliphatic heterocycles. The minimum absolute atomic E-state index is 0.330. The molecule has 1 atom stereocenters. The predicted octanol–water partition coefficient (Wildman–Crippen LogP) is 1.91. The number of rotatable bonds is 1. The molecular formula is C9H16N2O2. The number of aromatic nitrogens is 2. The van der Waals surface area contributed by atoms with Crippen molar-refractivity contribution in [3.05, 3.63) is 11.8 Å². The second-order valence-electron chi connectivity index (χ2n) is 2.72. The zero-order valence-corrected chi connectivity index (χ0v) is 8.41. The van der Waals surface area contributed by atoms with Gasteiger partial charge in [0.2, 0.25) is 11.8 Å². The van der Waals surface area contributed by atoms with Crippen molar-refractivity contribution in [1.29, 1.82) is 0 Å². The van der Waals surface area contributed by atoms with E-state index in [1.54, 1.807) is 6.92 Å². The number of hydrogen-bond donors (Lipinski definition) is 0. The van der Waals surface area contributed by atoms with Gasteiger partial charge in [0.05, 0.1) is 12.5 Å². The molecule has 1 saturated heterocycles. The molecule has 0 aromatic carbocycles. The van der Waals surface area contributed by atoms with E-state index in [4.69, 9.17) is 9.15 Å². The fraction of sp³-hybridized carbons (Fsp3) is 0.778. The molecule has 0 N–H and O–H groups in total. The van der Waals surface area contributed by atoms with Crippen molar-refractivity contribution in [2.24, 2.45) is 0 Å². The summed E-state index contributed by atoms with van der Waals surface area (Å²) >= 11 is 0. The summed E-state index contributed by atoms with van der Waals surface area (Å²) in [5.74, 6) is 1.68. The molecule has 0 amide bonds. The summed E-state index contributed by atoms with van der Waals surface area (Å²) in [6, 6.07) is 0. The molecule has 74 valence electrons. The van der Waals surface area contributed by atoms with Crippen molar-refractivity contribution in [2.45, 2.75) is 33.1 Å². The lowest BCUT2D eigenvalue weighted by molar-refractivity contribution is 0.190. The number of aryl methyl sites for hydroxylation is 1. The molecule has 1 fully saturated rings. The average Bonchev–Trinajstić information content (AvgIpc) is 2.77. The van der Waals surface area contributed by atoms with E-state index in [1.807, 2.05) is 13.8 Å². The Morgan fingerprint density at radius 1 is 1.31 bits per heavy atom. The summed E-state index contributed by atoms with van der Waals surface area (Å²) in [6.45, 7) is 7.33. The third kappa shape index (κ3) is 2.52. The molecule has 0 bridgehead atoms. The van der Waals surface area contributed by atoms with Gasteiger partial charge in [0.25, 0.3) is 0 Å². The predicted molar refractivity (Wildman–Crippen MR) is 48.6 cm³/mol. The van der Waals surface area contributed by atoms with Crippen molar-refractivity contribution in [1.82, 2.24) is 10.2 Å². The van der Waals surface area contributed by atoms with E-state index in [9.17, 15) is 0 Å². The zero-order chi connectivity index (χ0) is 9.68. The molecule has 13 heavy (non-hydrogen) atoms. The number of nitrogens with zero attached hydrogens (tertiary/aromatic N) is 2. The van der Waals surface area contributed by atoms with E-state index in [-0.39, 0.29) is 0 Å². The second-order valence-corrected chi connectivity index (χ2v) is 2.72. The maximum Gasteiger partial charge on any atom is 0.222 e. The Kier molecular flexibility index (Phi) is 3.89. The Labute approximate surface area is 78.3 Å². The highest BCUT2D eigenvalue weighted by atomic mass is 16.5. The maximum absolute atomic E-state index is 5.27. The maximum atomic E-state index is 5.27. The monoisotopic (exact) mass is 184 g/mol. The normalized spacial score (nSPS) is 21.0. The quantitative estimate of drug-likeness (QED) is 0.669. The molecule has 1 unspecified atom stereocenters. The van der Waals surface area contributed by atoms with Gasteiger partial charge in [-0.1, -0.05) is 13.8 Å². The average molecular weight is 184 g/mol. The standard InChI is InChI=1S/C7H10N2O2.C2H6/c1-5-8-9-7(11-5)6-2-3-10-4-6;1-2/h6H,2-4H2,1H3;1-2H3. The third-order valence-electron chi connectivity index (χ3n) is 1.82. The van der Waals surface area contributed by atoms with Gasteiger partial charge < -0.3 is 9.15 Å². The molecule has 0 spiro atoms. The van der Waals surface area contributed by atoms with Crippen molar-refractivity contribution >= 4 is 0 Å². The van der Waals surface area contributed by atoms with Crippen LogP contribution in [0.1, 0.15) is 38.0 Å². The van der Waals surface area contributed by atoms with Crippen LogP contribution in [0.2, 0.25) is 0 Å². The van der Waals surface area contributed by atoms with Crippen LogP contribution in [0.3, 0.4) is 0 Å². The van der Waals surface area contributed by atoms with E-state index in [2.05, 4.69) is 10.2 Å². The first kappa shape index (κ1) is 10.2. The lowest BCUT2D eigenvalue weighted by Gasteiger charge is -1.97. The van der Waals surface area contributed by atoms with E-state index in [0.717, 1.165) is 25.5 Å². The first-order chi connectivity index (χ1) is 6.36. The van der Waals surface area contributed by atoms with Gasteiger partial charge in [-0.3, -0.25) is 0 Å². The molecule has 2 heterocycles. The lowest BCUT2D eigenvalue weighted by atomic mass is 10.1. The number of ether oxygens (including phenoxy) is 1. The van der Waals surface area contributed by atoms with Gasteiger partial charge in [-0.25, -0.2) is 0 Å². The fourth-order valence-corrected chi connectivity index (χ4v) is 1.21. The summed E-state index contributed by atoms with van der Waals surface area (Å²) in [7, 11) is 0. The highest BCUT2D eigenvalue weighted by molar-refractivity contribution is 4.92. The highest BCUT2D eigenvalue weighted by Crippen LogP contribution is 2.23. The van der Waals surface area contributed by atoms with Crippen molar-refractivity contribution in [3.8, 4) is 0 Å². The van der Waals surface area contributed by atoms with E-state index in [1.165, 1.54) is 0 Å². The molecule has 1 aromatic heterocycles. The minimum atomic E-state index is 0.330. The molecular weight excluding hydrogens is 168 g/mol. The molecule has 1 aliphatic rings. The van der Waals surface area contributed by atoms with Crippen LogP contribution in [0.15, 0.2) is 4.42 Å². The van der Waals surface area contributed by atoms with Crippen molar-refractivity contribution in [2.75, 3.05) is 13.2 Å². The van der Waals surface area contributed by atoms with Crippen LogP contribution in [-0.2, 0) is 4.74 Å². The minimum Gasteiger partial charge on any atom is -0.425 e. The molecule has 1 aromatic rings. The van der Waals surface area contributed by atoms with Crippen LogP contribution in [0.25, 0.3) is 0 Å². The van der Waals surface area contributed by atoms with Crippen LogP contribution in [-0.4, -0.2) is 23.4 Å². The van der Waals surface area contributed by atoms with Gasteiger partial charge in [-0.2, -0.15) is 0 Å². The van der Waals surface area contributed by atoms with Gasteiger partial charge in [-0.15, -0.1) is 10.2 Å². The fourth-order valence-electron chi connectivity index (χ4n) is 1.21. The molecule has 0 radical (unpaired) electrons. The molecule has 4 nitrogen and oxygen atoms in total. The largest absolute Gasteiger partial charge is 0.425 e. The van der Waals surface area contributed by atoms with Crippen LogP contribution in [0, 0.1) is 6.92 Å². The molecule has 4 heteroatoms. The van der Waals surface area contributed by atoms with Gasteiger partial charge >= 0.3 is 0 Å². The number of hydrogen-bond acceptors (Lipinski definition) is 4. The van der Waals surface area contributed by atoms with Crippen LogP contribution < -0.4 is 0 Å². The Morgan fingerprint density at radius 3 is 2.54 bits per heavy atom. The van der Waals surface area contributed by atoms with Crippen LogP contribution in [0.5, 0.6) is 0 Å².